The lowest BCUT2D eigenvalue weighted by atomic mass is 9.58. The molecule has 2 aliphatic rings. The lowest BCUT2D eigenvalue weighted by Gasteiger charge is -2.54. The Bertz CT molecular complexity index is 706. The largest absolute Gasteiger partial charge is 0.454 e. The Hall–Kier alpha value is -2.12. The molecule has 3 heterocycles. The Morgan fingerprint density at radius 3 is 2.67 bits per heavy atom. The number of carbonyl (C=O) groups excluding carboxylic acids is 1. The van der Waals surface area contributed by atoms with E-state index in [0.29, 0.717) is 50.4 Å². The number of carbonyl (C=O) groups is 1. The van der Waals surface area contributed by atoms with Crippen LogP contribution in [0.5, 0.6) is 0 Å². The number of aliphatic hydroxyl groups excluding tert-OH is 2. The van der Waals surface area contributed by atoms with Crippen molar-refractivity contribution in [2.24, 2.45) is 5.41 Å². The van der Waals surface area contributed by atoms with Crippen molar-refractivity contribution in [3.63, 3.8) is 0 Å². The van der Waals surface area contributed by atoms with Crippen LogP contribution < -0.4 is 0 Å². The van der Waals surface area contributed by atoms with Crippen LogP contribution in [-0.2, 0) is 6.54 Å². The van der Waals surface area contributed by atoms with E-state index < -0.39 is 17.6 Å². The summed E-state index contributed by atoms with van der Waals surface area (Å²) in [5.74, 6) is 0.864. The van der Waals surface area contributed by atoms with Gasteiger partial charge in [0.25, 0.3) is 5.91 Å². The van der Waals surface area contributed by atoms with Gasteiger partial charge < -0.3 is 19.5 Å². The van der Waals surface area contributed by atoms with Crippen LogP contribution in [0.25, 0.3) is 0 Å². The maximum absolute atomic E-state index is 12.6. The van der Waals surface area contributed by atoms with Crippen molar-refractivity contribution in [1.29, 1.82) is 0 Å². The number of rotatable bonds is 3. The van der Waals surface area contributed by atoms with E-state index in [2.05, 4.69) is 5.10 Å². The number of likely N-dealkylation sites (tertiary alicyclic amines) is 1. The molecule has 7 heteroatoms. The normalized spacial score (nSPS) is 25.7. The zero-order valence-corrected chi connectivity index (χ0v) is 13.3. The molecule has 1 saturated carbocycles. The van der Waals surface area contributed by atoms with Gasteiger partial charge in [0.15, 0.2) is 5.76 Å². The summed E-state index contributed by atoms with van der Waals surface area (Å²) in [6, 6.07) is 5.32. The van der Waals surface area contributed by atoms with Crippen molar-refractivity contribution >= 4 is 5.91 Å². The van der Waals surface area contributed by atoms with Crippen LogP contribution in [0, 0.1) is 5.41 Å². The number of furan rings is 1. The van der Waals surface area contributed by atoms with E-state index in [1.807, 2.05) is 12.3 Å². The highest BCUT2D eigenvalue weighted by atomic mass is 16.4. The average Bonchev–Trinajstić information content (AvgIpc) is 3.27. The Morgan fingerprint density at radius 2 is 2.04 bits per heavy atom. The van der Waals surface area contributed by atoms with Crippen LogP contribution in [0.3, 0.4) is 0 Å². The van der Waals surface area contributed by atoms with Gasteiger partial charge in [-0.1, -0.05) is 0 Å². The highest BCUT2D eigenvalue weighted by molar-refractivity contribution is 5.91. The van der Waals surface area contributed by atoms with Gasteiger partial charge >= 0.3 is 0 Å². The van der Waals surface area contributed by atoms with Crippen LogP contribution in [0.1, 0.15) is 35.6 Å². The summed E-state index contributed by atoms with van der Waals surface area (Å²) in [6.07, 6.45) is 4.33. The van der Waals surface area contributed by atoms with E-state index in [1.54, 1.807) is 27.9 Å². The van der Waals surface area contributed by atoms with Crippen molar-refractivity contribution in [2.45, 2.75) is 38.0 Å². The maximum atomic E-state index is 12.6. The Morgan fingerprint density at radius 1 is 1.29 bits per heavy atom. The van der Waals surface area contributed by atoms with Crippen molar-refractivity contribution < 1.29 is 19.4 Å². The average molecular weight is 331 g/mol. The fraction of sp³-hybridized carbons (Fsp3) is 0.529. The van der Waals surface area contributed by atoms with E-state index in [1.165, 1.54) is 0 Å². The van der Waals surface area contributed by atoms with Crippen LogP contribution in [0.15, 0.2) is 35.0 Å². The smallest absolute Gasteiger partial charge is 0.289 e. The van der Waals surface area contributed by atoms with E-state index in [9.17, 15) is 15.0 Å². The number of hydrogen-bond acceptors (Lipinski definition) is 5. The summed E-state index contributed by atoms with van der Waals surface area (Å²) >= 11 is 0. The highest BCUT2D eigenvalue weighted by Gasteiger charge is 2.55. The molecular formula is C17H21N3O4. The maximum Gasteiger partial charge on any atom is 0.289 e. The van der Waals surface area contributed by atoms with Crippen molar-refractivity contribution in [3.05, 3.63) is 42.1 Å². The summed E-state index contributed by atoms with van der Waals surface area (Å²) in [6.45, 7) is 1.55. The molecule has 1 saturated heterocycles. The first-order chi connectivity index (χ1) is 11.6. The second kappa shape index (κ2) is 5.75. The van der Waals surface area contributed by atoms with E-state index in [4.69, 9.17) is 4.42 Å². The topological polar surface area (TPSA) is 91.7 Å². The molecule has 4 rings (SSSR count). The lowest BCUT2D eigenvalue weighted by molar-refractivity contribution is -0.187. The van der Waals surface area contributed by atoms with Gasteiger partial charge in [-0.3, -0.25) is 9.48 Å². The molecule has 1 amide bonds. The zero-order chi connectivity index (χ0) is 16.7. The molecule has 0 radical (unpaired) electrons. The quantitative estimate of drug-likeness (QED) is 0.871. The summed E-state index contributed by atoms with van der Waals surface area (Å²) in [5.41, 5.74) is -0.412. The minimum atomic E-state index is -0.450. The molecule has 0 bridgehead atoms. The van der Waals surface area contributed by atoms with Crippen LogP contribution in [0.4, 0.5) is 0 Å². The second-order valence-corrected chi connectivity index (χ2v) is 6.76. The fourth-order valence-corrected chi connectivity index (χ4v) is 3.82. The molecule has 2 fully saturated rings. The molecule has 2 N–H and O–H groups in total. The Kier molecular flexibility index (Phi) is 3.69. The lowest BCUT2D eigenvalue weighted by Crippen LogP contribution is -2.61. The molecule has 1 aliphatic heterocycles. The Labute approximate surface area is 139 Å². The third-order valence-electron chi connectivity index (χ3n) is 5.50. The molecule has 7 nitrogen and oxygen atoms in total. The summed E-state index contributed by atoms with van der Waals surface area (Å²) in [7, 11) is 0. The summed E-state index contributed by atoms with van der Waals surface area (Å²) in [5, 5.41) is 24.1. The molecule has 1 aliphatic carbocycles. The number of hydrogen-bond donors (Lipinski definition) is 2. The van der Waals surface area contributed by atoms with Crippen molar-refractivity contribution in [1.82, 2.24) is 14.7 Å². The first-order valence-electron chi connectivity index (χ1n) is 8.30. The molecule has 0 unspecified atom stereocenters. The van der Waals surface area contributed by atoms with Gasteiger partial charge in [-0.05, 0) is 31.0 Å². The number of aliphatic hydroxyl groups is 2. The standard InChI is InChI=1S/C17H21N3O4/c21-14-10-15(22)17(14)4-8-19(9-5-17)16(23)13-3-2-12(24-13)11-20-7-1-6-18-20/h1-3,6-7,14-15,21-22H,4-5,8-11H2/t14-,15+. The van der Waals surface area contributed by atoms with E-state index >= 15 is 0 Å². The fourth-order valence-electron chi connectivity index (χ4n) is 3.82. The van der Waals surface area contributed by atoms with E-state index in [-0.39, 0.29) is 5.91 Å². The van der Waals surface area contributed by atoms with Gasteiger partial charge in [-0.25, -0.2) is 0 Å². The molecule has 24 heavy (non-hydrogen) atoms. The van der Waals surface area contributed by atoms with Crippen LogP contribution in [0.2, 0.25) is 0 Å². The second-order valence-electron chi connectivity index (χ2n) is 6.76. The van der Waals surface area contributed by atoms with Crippen LogP contribution >= 0.6 is 0 Å². The molecule has 1 spiro atoms. The molecule has 2 atom stereocenters. The number of amides is 1. The van der Waals surface area contributed by atoms with E-state index in [0.717, 1.165) is 0 Å². The Balaban J connectivity index is 1.39. The number of piperidine rings is 1. The predicted molar refractivity (Wildman–Crippen MR) is 84.2 cm³/mol. The van der Waals surface area contributed by atoms with Crippen molar-refractivity contribution in [3.8, 4) is 0 Å². The van der Waals surface area contributed by atoms with Gasteiger partial charge in [0.1, 0.15) is 5.76 Å². The molecule has 2 aromatic heterocycles. The first-order valence-corrected chi connectivity index (χ1v) is 8.30. The van der Waals surface area contributed by atoms with Gasteiger partial charge in [0, 0.05) is 37.3 Å². The van der Waals surface area contributed by atoms with Gasteiger partial charge in [0.2, 0.25) is 0 Å². The predicted octanol–water partition coefficient (Wildman–Crippen LogP) is 0.872. The molecule has 2 aromatic rings. The monoisotopic (exact) mass is 331 g/mol. The third kappa shape index (κ3) is 2.44. The minimum absolute atomic E-state index is 0.139. The first kappa shape index (κ1) is 15.4. The SMILES string of the molecule is O=C(c1ccc(Cn2cccn2)o1)N1CCC2(CC1)[C@H](O)C[C@@H]2O. The third-order valence-corrected chi connectivity index (χ3v) is 5.50. The highest BCUT2D eigenvalue weighted by Crippen LogP contribution is 2.49. The summed E-state index contributed by atoms with van der Waals surface area (Å²) in [4.78, 5) is 14.3. The van der Waals surface area contributed by atoms with Gasteiger partial charge in [0.05, 0.1) is 18.8 Å². The number of aromatic nitrogens is 2. The summed E-state index contributed by atoms with van der Waals surface area (Å²) < 4.78 is 7.39. The molecule has 128 valence electrons. The minimum Gasteiger partial charge on any atom is -0.454 e. The van der Waals surface area contributed by atoms with Gasteiger partial charge in [-0.15, -0.1) is 0 Å². The molecular weight excluding hydrogens is 310 g/mol. The van der Waals surface area contributed by atoms with Crippen LogP contribution in [-0.4, -0.2) is 56.1 Å². The van der Waals surface area contributed by atoms with Crippen molar-refractivity contribution in [2.75, 3.05) is 13.1 Å². The number of nitrogens with zero attached hydrogens (tertiary/aromatic N) is 3. The van der Waals surface area contributed by atoms with Gasteiger partial charge in [-0.2, -0.15) is 5.10 Å². The zero-order valence-electron chi connectivity index (χ0n) is 13.3. The molecule has 0 aromatic carbocycles.